The van der Waals surface area contributed by atoms with E-state index >= 15 is 0 Å². The Bertz CT molecular complexity index is 971. The van der Waals surface area contributed by atoms with Gasteiger partial charge in [0.1, 0.15) is 18.6 Å². The zero-order valence-corrected chi connectivity index (χ0v) is 21.5. The van der Waals surface area contributed by atoms with Gasteiger partial charge >= 0.3 is 0 Å². The summed E-state index contributed by atoms with van der Waals surface area (Å²) in [5.74, 6) is 0.671. The van der Waals surface area contributed by atoms with Crippen LogP contribution < -0.4 is 9.46 Å². The second kappa shape index (κ2) is 13.0. The van der Waals surface area contributed by atoms with Gasteiger partial charge in [0, 0.05) is 56.1 Å². The van der Waals surface area contributed by atoms with Crippen molar-refractivity contribution in [3.63, 3.8) is 0 Å². The predicted molar refractivity (Wildman–Crippen MR) is 139 cm³/mol. The summed E-state index contributed by atoms with van der Waals surface area (Å²) in [6.45, 7) is 12.5. The van der Waals surface area contributed by atoms with Gasteiger partial charge in [-0.25, -0.2) is 4.31 Å². The van der Waals surface area contributed by atoms with Gasteiger partial charge in [-0.3, -0.25) is 4.79 Å². The molecule has 0 aliphatic carbocycles. The normalized spacial score (nSPS) is 16.0. The molecular weight excluding hydrogens is 448 g/mol. The van der Waals surface area contributed by atoms with E-state index in [2.05, 4.69) is 22.5 Å². The van der Waals surface area contributed by atoms with Crippen molar-refractivity contribution in [3.05, 3.63) is 71.3 Å². The van der Waals surface area contributed by atoms with Crippen molar-refractivity contribution in [1.29, 1.82) is 0 Å². The van der Waals surface area contributed by atoms with Gasteiger partial charge in [0.05, 0.1) is 6.10 Å². The van der Waals surface area contributed by atoms with Crippen LogP contribution in [0.25, 0.3) is 0 Å². The first-order chi connectivity index (χ1) is 16.4. The molecule has 3 rings (SSSR count). The zero-order valence-electron chi connectivity index (χ0n) is 20.6. The fraction of sp³-hybridized carbons (Fsp3) is 0.444. The third kappa shape index (κ3) is 7.34. The first kappa shape index (κ1) is 26.3. The van der Waals surface area contributed by atoms with Gasteiger partial charge in [-0.1, -0.05) is 37.3 Å². The van der Waals surface area contributed by atoms with E-state index in [9.17, 15) is 4.79 Å². The van der Waals surface area contributed by atoms with Crippen LogP contribution in [-0.4, -0.2) is 49.3 Å². The Morgan fingerprint density at radius 3 is 2.76 bits per heavy atom. The second-order valence-corrected chi connectivity index (χ2v) is 9.51. The Balaban J connectivity index is 1.69. The molecule has 2 atom stereocenters. The topological polar surface area (TPSA) is 60.0 Å². The summed E-state index contributed by atoms with van der Waals surface area (Å²) in [4.78, 5) is 13.2. The van der Waals surface area contributed by atoms with Crippen LogP contribution in [0.1, 0.15) is 47.7 Å². The highest BCUT2D eigenvalue weighted by atomic mass is 32.2. The van der Waals surface area contributed by atoms with E-state index < -0.39 is 0 Å². The molecular formula is C27H36N2O4S. The van der Waals surface area contributed by atoms with Crippen LogP contribution in [0.3, 0.4) is 0 Å². The number of rotatable bonds is 12. The number of ether oxygens (including phenoxy) is 3. The molecule has 6 nitrogen and oxygen atoms in total. The number of methoxy groups -OCH3 is 1. The summed E-state index contributed by atoms with van der Waals surface area (Å²) in [5, 5.41) is 0. The summed E-state index contributed by atoms with van der Waals surface area (Å²) in [7, 11) is 1.68. The molecule has 0 amide bonds. The minimum absolute atomic E-state index is 0.0451. The molecule has 0 bridgehead atoms. The van der Waals surface area contributed by atoms with E-state index in [-0.39, 0.29) is 18.0 Å². The van der Waals surface area contributed by atoms with Crippen LogP contribution >= 0.6 is 12.1 Å². The SMILES string of the molecule is C=C(CC(Oc1cccc(NSN2CCCOC2)c1)C(CC)OC)C(=O)c1cc(C)ccc1C. The monoisotopic (exact) mass is 484 g/mol. The summed E-state index contributed by atoms with van der Waals surface area (Å²) >= 11 is 1.53. The molecule has 2 unspecified atom stereocenters. The number of aryl methyl sites for hydroxylation is 2. The van der Waals surface area contributed by atoms with Crippen LogP contribution in [0.4, 0.5) is 5.69 Å². The highest BCUT2D eigenvalue weighted by Gasteiger charge is 2.26. The molecule has 2 aromatic carbocycles. The molecule has 0 spiro atoms. The van der Waals surface area contributed by atoms with E-state index in [4.69, 9.17) is 14.2 Å². The standard InChI is InChI=1S/C27H36N2O4S/c1-6-25(31-5)26(16-21(4)27(30)24-15-19(2)11-12-20(24)3)33-23-10-7-9-22(17-23)28-34-29-13-8-14-32-18-29/h7,9-12,15,17,25-26,28H,4,6,8,13-14,16,18H2,1-3,5H3. The van der Waals surface area contributed by atoms with Crippen molar-refractivity contribution in [2.24, 2.45) is 0 Å². The van der Waals surface area contributed by atoms with E-state index in [1.54, 1.807) is 7.11 Å². The average molecular weight is 485 g/mol. The molecule has 0 saturated carbocycles. The van der Waals surface area contributed by atoms with Gasteiger partial charge in [-0.05, 0) is 56.0 Å². The van der Waals surface area contributed by atoms with Crippen molar-refractivity contribution < 1.29 is 19.0 Å². The van der Waals surface area contributed by atoms with Gasteiger partial charge < -0.3 is 18.9 Å². The molecule has 1 aliphatic heterocycles. The van der Waals surface area contributed by atoms with Gasteiger partial charge in [0.25, 0.3) is 0 Å². The van der Waals surface area contributed by atoms with Crippen molar-refractivity contribution in [1.82, 2.24) is 4.31 Å². The predicted octanol–water partition coefficient (Wildman–Crippen LogP) is 5.96. The van der Waals surface area contributed by atoms with Crippen molar-refractivity contribution in [2.45, 2.75) is 52.2 Å². The first-order valence-electron chi connectivity index (χ1n) is 11.8. The molecule has 7 heteroatoms. The smallest absolute Gasteiger partial charge is 0.188 e. The molecule has 1 aliphatic rings. The summed E-state index contributed by atoms with van der Waals surface area (Å²) in [6, 6.07) is 13.7. The Hall–Kier alpha value is -2.32. The lowest BCUT2D eigenvalue weighted by Crippen LogP contribution is -2.34. The van der Waals surface area contributed by atoms with Crippen LogP contribution in [0.2, 0.25) is 0 Å². The van der Waals surface area contributed by atoms with E-state index in [0.717, 1.165) is 42.8 Å². The third-order valence-electron chi connectivity index (χ3n) is 5.87. The quantitative estimate of drug-likeness (QED) is 0.227. The highest BCUT2D eigenvalue weighted by Crippen LogP contribution is 2.27. The maximum absolute atomic E-state index is 13.2. The molecule has 1 N–H and O–H groups in total. The largest absolute Gasteiger partial charge is 0.487 e. The maximum atomic E-state index is 13.2. The minimum atomic E-state index is -0.338. The molecule has 1 heterocycles. The lowest BCUT2D eigenvalue weighted by Gasteiger charge is -2.27. The summed E-state index contributed by atoms with van der Waals surface area (Å²) in [6.07, 6.45) is 1.67. The van der Waals surface area contributed by atoms with Crippen LogP contribution in [0.5, 0.6) is 5.75 Å². The Kier molecular flexibility index (Phi) is 10.0. The number of Topliss-reactive ketones (excluding diaryl/α,β-unsaturated/α-hetero) is 1. The van der Waals surface area contributed by atoms with Crippen LogP contribution in [-0.2, 0) is 9.47 Å². The number of benzene rings is 2. The van der Waals surface area contributed by atoms with Gasteiger partial charge in [0.15, 0.2) is 5.78 Å². The number of hydrogen-bond donors (Lipinski definition) is 1. The molecule has 0 aromatic heterocycles. The molecule has 2 aromatic rings. The molecule has 34 heavy (non-hydrogen) atoms. The molecule has 1 fully saturated rings. The first-order valence-corrected chi connectivity index (χ1v) is 12.5. The summed E-state index contributed by atoms with van der Waals surface area (Å²) < 4.78 is 23.1. The number of hydrogen-bond acceptors (Lipinski definition) is 7. The van der Waals surface area contributed by atoms with Crippen LogP contribution in [0.15, 0.2) is 54.6 Å². The molecule has 184 valence electrons. The lowest BCUT2D eigenvalue weighted by molar-refractivity contribution is 0.000397. The lowest BCUT2D eigenvalue weighted by atomic mass is 9.93. The van der Waals surface area contributed by atoms with Gasteiger partial charge in [0.2, 0.25) is 0 Å². The van der Waals surface area contributed by atoms with E-state index in [1.165, 1.54) is 12.1 Å². The van der Waals surface area contributed by atoms with E-state index in [1.807, 2.05) is 56.3 Å². The van der Waals surface area contributed by atoms with Crippen LogP contribution in [0, 0.1) is 13.8 Å². The minimum Gasteiger partial charge on any atom is -0.487 e. The van der Waals surface area contributed by atoms with Gasteiger partial charge in [-0.15, -0.1) is 0 Å². The second-order valence-electron chi connectivity index (χ2n) is 8.61. The maximum Gasteiger partial charge on any atom is 0.188 e. The number of carbonyl (C=O) groups is 1. The Labute approximate surface area is 207 Å². The zero-order chi connectivity index (χ0) is 24.5. The Morgan fingerprint density at radius 1 is 1.24 bits per heavy atom. The summed E-state index contributed by atoms with van der Waals surface area (Å²) in [5.41, 5.74) is 4.14. The van der Waals surface area contributed by atoms with Crippen molar-refractivity contribution >= 4 is 23.6 Å². The third-order valence-corrected chi connectivity index (χ3v) is 6.74. The fourth-order valence-corrected chi connectivity index (χ4v) is 4.62. The number of carbonyl (C=O) groups excluding carboxylic acids is 1. The Morgan fingerprint density at radius 2 is 2.06 bits per heavy atom. The molecule has 0 radical (unpaired) electrons. The van der Waals surface area contributed by atoms with E-state index in [0.29, 0.717) is 30.0 Å². The van der Waals surface area contributed by atoms with Crippen molar-refractivity contribution in [2.75, 3.05) is 31.7 Å². The highest BCUT2D eigenvalue weighted by molar-refractivity contribution is 7.98. The fourth-order valence-electron chi connectivity index (χ4n) is 3.91. The number of nitrogens with one attached hydrogen (secondary N) is 1. The number of anilines is 1. The molecule has 1 saturated heterocycles. The van der Waals surface area contributed by atoms with Crippen molar-refractivity contribution in [3.8, 4) is 5.75 Å². The number of ketones is 1. The number of nitrogens with zero attached hydrogens (tertiary/aromatic N) is 1. The van der Waals surface area contributed by atoms with Gasteiger partial charge in [-0.2, -0.15) is 0 Å². The average Bonchev–Trinajstić information content (AvgIpc) is 2.85.